The number of rotatable bonds is 4. The molecule has 174 valence electrons. The van der Waals surface area contributed by atoms with Crippen LogP contribution in [0.15, 0.2) is 18.2 Å². The highest BCUT2D eigenvalue weighted by atomic mass is 19.4. The molecule has 5 fully saturated rings. The predicted octanol–water partition coefficient (Wildman–Crippen LogP) is 3.40. The maximum atomic E-state index is 12.9. The fraction of sp³-hybridized carbons (Fsp3) is 0.682. The summed E-state index contributed by atoms with van der Waals surface area (Å²) < 4.78 is 44.6. The molecule has 1 aliphatic heterocycles. The third-order valence-electron chi connectivity index (χ3n) is 7.78. The number of anilines is 1. The minimum Gasteiger partial charge on any atom is -0.446 e. The molecule has 2 heterocycles. The Bertz CT molecular complexity index is 908. The number of carbonyl (C=O) groups is 2. The van der Waals surface area contributed by atoms with Crippen molar-refractivity contribution in [2.24, 2.45) is 28.9 Å². The number of nitrogens with one attached hydrogen (secondary N) is 1. The van der Waals surface area contributed by atoms with E-state index in [0.717, 1.165) is 25.3 Å². The number of pyridine rings is 1. The fourth-order valence-electron chi connectivity index (χ4n) is 6.59. The SMILES string of the molecule is NC(=O)[C@]12CC3CC(C1)C(OC(=O)N1CC[C@@H](Nc4cccc(C(F)(F)F)n4)C1)[C@@H](C3)C2. The summed E-state index contributed by atoms with van der Waals surface area (Å²) in [5.74, 6) is 0.735. The summed E-state index contributed by atoms with van der Waals surface area (Å²) in [5.41, 5.74) is 4.34. The molecular formula is C22H27F3N4O3. The van der Waals surface area contributed by atoms with E-state index in [4.69, 9.17) is 10.5 Å². The molecular weight excluding hydrogens is 425 g/mol. The van der Waals surface area contributed by atoms with Crippen LogP contribution in [0, 0.1) is 23.2 Å². The zero-order chi connectivity index (χ0) is 22.7. The first-order valence-electron chi connectivity index (χ1n) is 11.2. The van der Waals surface area contributed by atoms with Crippen LogP contribution in [0.5, 0.6) is 0 Å². The molecule has 0 spiro atoms. The van der Waals surface area contributed by atoms with Crippen molar-refractivity contribution in [1.29, 1.82) is 0 Å². The molecule has 1 aromatic heterocycles. The molecule has 0 aromatic carbocycles. The van der Waals surface area contributed by atoms with E-state index in [1.165, 1.54) is 12.1 Å². The van der Waals surface area contributed by atoms with Gasteiger partial charge < -0.3 is 20.7 Å². The summed E-state index contributed by atoms with van der Waals surface area (Å²) in [6.45, 7) is 0.804. The first-order chi connectivity index (χ1) is 15.1. The molecule has 6 atom stereocenters. The number of likely N-dealkylation sites (tertiary alicyclic amines) is 1. The van der Waals surface area contributed by atoms with Gasteiger partial charge in [0.15, 0.2) is 0 Å². The second-order valence-corrected chi connectivity index (χ2v) is 9.94. The Morgan fingerprint density at radius 2 is 1.91 bits per heavy atom. The lowest BCUT2D eigenvalue weighted by Gasteiger charge is -2.58. The van der Waals surface area contributed by atoms with Gasteiger partial charge in [-0.2, -0.15) is 13.2 Å². The Labute approximate surface area is 183 Å². The minimum absolute atomic E-state index is 0.137. The van der Waals surface area contributed by atoms with E-state index in [9.17, 15) is 22.8 Å². The van der Waals surface area contributed by atoms with E-state index in [-0.39, 0.29) is 35.7 Å². The molecule has 6 rings (SSSR count). The van der Waals surface area contributed by atoms with E-state index in [1.807, 2.05) is 0 Å². The monoisotopic (exact) mass is 452 g/mol. The molecule has 10 heteroatoms. The molecule has 1 aromatic rings. The van der Waals surface area contributed by atoms with Gasteiger partial charge in [-0.3, -0.25) is 4.79 Å². The number of nitrogens with zero attached hydrogens (tertiary/aromatic N) is 2. The molecule has 3 N–H and O–H groups in total. The fourth-order valence-corrected chi connectivity index (χ4v) is 6.59. The number of alkyl halides is 3. The topological polar surface area (TPSA) is 97.6 Å². The Morgan fingerprint density at radius 3 is 2.56 bits per heavy atom. The van der Waals surface area contributed by atoms with Gasteiger partial charge in [-0.05, 0) is 68.4 Å². The Balaban J connectivity index is 1.18. The largest absolute Gasteiger partial charge is 0.446 e. The average molecular weight is 452 g/mol. The summed E-state index contributed by atoms with van der Waals surface area (Å²) in [4.78, 5) is 30.2. The van der Waals surface area contributed by atoms with E-state index in [1.54, 1.807) is 4.90 Å². The van der Waals surface area contributed by atoms with Gasteiger partial charge in [0.25, 0.3) is 0 Å². The average Bonchev–Trinajstić information content (AvgIpc) is 3.18. The highest BCUT2D eigenvalue weighted by Crippen LogP contribution is 2.60. The van der Waals surface area contributed by atoms with Crippen LogP contribution in [-0.4, -0.2) is 47.1 Å². The van der Waals surface area contributed by atoms with Gasteiger partial charge in [0.1, 0.15) is 17.6 Å². The Kier molecular flexibility index (Phi) is 5.01. The van der Waals surface area contributed by atoms with Gasteiger partial charge >= 0.3 is 12.3 Å². The summed E-state index contributed by atoms with van der Waals surface area (Å²) in [5, 5.41) is 3.00. The molecule has 3 unspecified atom stereocenters. The zero-order valence-corrected chi connectivity index (χ0v) is 17.6. The van der Waals surface area contributed by atoms with Crippen molar-refractivity contribution in [3.8, 4) is 0 Å². The molecule has 4 bridgehead atoms. The van der Waals surface area contributed by atoms with Gasteiger partial charge in [-0.15, -0.1) is 0 Å². The second kappa shape index (κ2) is 7.52. The lowest BCUT2D eigenvalue weighted by atomic mass is 9.48. The first-order valence-corrected chi connectivity index (χ1v) is 11.2. The van der Waals surface area contributed by atoms with Crippen LogP contribution in [0.3, 0.4) is 0 Å². The zero-order valence-electron chi connectivity index (χ0n) is 17.6. The number of ether oxygens (including phenoxy) is 1. The molecule has 4 aliphatic carbocycles. The molecule has 7 nitrogen and oxygen atoms in total. The number of hydrogen-bond donors (Lipinski definition) is 2. The first kappa shape index (κ1) is 21.3. The van der Waals surface area contributed by atoms with Crippen molar-refractivity contribution in [1.82, 2.24) is 9.88 Å². The van der Waals surface area contributed by atoms with Crippen molar-refractivity contribution in [3.63, 3.8) is 0 Å². The number of carbonyl (C=O) groups excluding carboxylic acids is 2. The number of aromatic nitrogens is 1. The van der Waals surface area contributed by atoms with Crippen LogP contribution in [-0.2, 0) is 15.7 Å². The number of halogens is 3. The third kappa shape index (κ3) is 3.77. The molecule has 1 saturated heterocycles. The second-order valence-electron chi connectivity index (χ2n) is 9.94. The van der Waals surface area contributed by atoms with Crippen molar-refractivity contribution in [2.75, 3.05) is 18.4 Å². The minimum atomic E-state index is -4.51. The lowest BCUT2D eigenvalue weighted by molar-refractivity contribution is -0.161. The quantitative estimate of drug-likeness (QED) is 0.730. The van der Waals surface area contributed by atoms with Gasteiger partial charge in [0, 0.05) is 19.1 Å². The van der Waals surface area contributed by atoms with Gasteiger partial charge in [0.05, 0.1) is 5.41 Å². The van der Waals surface area contributed by atoms with Crippen molar-refractivity contribution in [3.05, 3.63) is 23.9 Å². The summed E-state index contributed by atoms with van der Waals surface area (Å²) in [6.07, 6.45) is -0.312. The molecule has 32 heavy (non-hydrogen) atoms. The molecule has 4 saturated carbocycles. The van der Waals surface area contributed by atoms with Gasteiger partial charge in [0.2, 0.25) is 5.91 Å². The van der Waals surface area contributed by atoms with E-state index in [2.05, 4.69) is 10.3 Å². The predicted molar refractivity (Wildman–Crippen MR) is 108 cm³/mol. The number of nitrogens with two attached hydrogens (primary N) is 1. The number of amides is 2. The smallest absolute Gasteiger partial charge is 0.433 e. The Morgan fingerprint density at radius 1 is 1.19 bits per heavy atom. The van der Waals surface area contributed by atoms with Crippen LogP contribution in [0.2, 0.25) is 0 Å². The molecule has 2 amide bonds. The van der Waals surface area contributed by atoms with Crippen LogP contribution in [0.25, 0.3) is 0 Å². The lowest BCUT2D eigenvalue weighted by Crippen LogP contribution is -2.59. The van der Waals surface area contributed by atoms with E-state index >= 15 is 0 Å². The van der Waals surface area contributed by atoms with Gasteiger partial charge in [-0.25, -0.2) is 9.78 Å². The van der Waals surface area contributed by atoms with E-state index < -0.39 is 23.4 Å². The molecule has 0 radical (unpaired) electrons. The van der Waals surface area contributed by atoms with Crippen LogP contribution >= 0.6 is 0 Å². The molecule has 5 aliphatic rings. The summed E-state index contributed by atoms with van der Waals surface area (Å²) >= 11 is 0. The Hall–Kier alpha value is -2.52. The third-order valence-corrected chi connectivity index (χ3v) is 7.78. The number of primary amides is 1. The van der Waals surface area contributed by atoms with Crippen LogP contribution in [0.1, 0.15) is 44.2 Å². The van der Waals surface area contributed by atoms with Gasteiger partial charge in [-0.1, -0.05) is 6.07 Å². The highest BCUT2D eigenvalue weighted by Gasteiger charge is 2.59. The van der Waals surface area contributed by atoms with Crippen LogP contribution < -0.4 is 11.1 Å². The van der Waals surface area contributed by atoms with Crippen molar-refractivity contribution >= 4 is 17.8 Å². The highest BCUT2D eigenvalue weighted by molar-refractivity contribution is 5.81. The van der Waals surface area contributed by atoms with Crippen molar-refractivity contribution in [2.45, 2.75) is 56.8 Å². The van der Waals surface area contributed by atoms with E-state index in [0.29, 0.717) is 38.3 Å². The maximum Gasteiger partial charge on any atom is 0.433 e. The summed E-state index contributed by atoms with van der Waals surface area (Å²) in [6, 6.07) is 3.52. The standard InChI is InChI=1S/C22H27F3N4O3/c23-22(24,25)16-2-1-3-17(28-16)27-15-4-5-29(11-15)20(31)32-18-13-6-12-7-14(18)10-21(8-12,9-13)19(26)30/h1-3,12-15,18H,4-11H2,(H2,26,30)(H,27,28)/t12?,13-,14?,15+,18?,21-/m0/s1. The maximum absolute atomic E-state index is 12.9. The van der Waals surface area contributed by atoms with Crippen molar-refractivity contribution < 1.29 is 27.5 Å². The van der Waals surface area contributed by atoms with Crippen LogP contribution in [0.4, 0.5) is 23.8 Å². The number of hydrogen-bond acceptors (Lipinski definition) is 5. The normalized spacial score (nSPS) is 35.7. The summed E-state index contributed by atoms with van der Waals surface area (Å²) in [7, 11) is 0.